The van der Waals surface area contributed by atoms with Crippen molar-refractivity contribution >= 4 is 34.0 Å². The second-order valence-electron chi connectivity index (χ2n) is 7.73. The van der Waals surface area contributed by atoms with Gasteiger partial charge in [-0.25, -0.2) is 14.4 Å². The quantitative estimate of drug-likeness (QED) is 0.197. The van der Waals surface area contributed by atoms with E-state index in [0.29, 0.717) is 28.0 Å². The summed E-state index contributed by atoms with van der Waals surface area (Å²) in [5, 5.41) is 5.88. The molecule has 0 aliphatic carbocycles. The van der Waals surface area contributed by atoms with Crippen LogP contribution in [0.25, 0.3) is 22.2 Å². The van der Waals surface area contributed by atoms with Gasteiger partial charge in [0.2, 0.25) is 0 Å². The molecule has 0 unspecified atom stereocenters. The highest BCUT2D eigenvalue weighted by Crippen LogP contribution is 2.32. The average Bonchev–Trinajstić information content (AvgIpc) is 3.45. The van der Waals surface area contributed by atoms with Gasteiger partial charge in [-0.2, -0.15) is 0 Å². The molecule has 37 heavy (non-hydrogen) atoms. The Labute approximate surface area is 230 Å². The van der Waals surface area contributed by atoms with Gasteiger partial charge in [0.05, 0.1) is 22.5 Å². The number of nitrogens with zero attached hydrogens (tertiary/aromatic N) is 2. The van der Waals surface area contributed by atoms with Gasteiger partial charge in [-0.05, 0) is 79.1 Å². The monoisotopic (exact) mass is 524 g/mol. The molecule has 0 atom stereocenters. The highest BCUT2D eigenvalue weighted by Gasteiger charge is 2.11. The van der Waals surface area contributed by atoms with Gasteiger partial charge >= 0.3 is 0 Å². The second kappa shape index (κ2) is 11.4. The van der Waals surface area contributed by atoms with Crippen molar-refractivity contribution in [2.24, 2.45) is 0 Å². The predicted octanol–water partition coefficient (Wildman–Crippen LogP) is 7.50. The van der Waals surface area contributed by atoms with E-state index >= 15 is 0 Å². The van der Waals surface area contributed by atoms with E-state index in [1.165, 1.54) is 48.8 Å². The Morgan fingerprint density at radius 3 is 2.81 bits per heavy atom. The molecule has 2 aromatic heterocycles. The lowest BCUT2D eigenvalue weighted by Gasteiger charge is -2.12. The number of rotatable bonds is 10. The third-order valence-electron chi connectivity index (χ3n) is 5.20. The maximum Gasteiger partial charge on any atom is 0.141 e. The molecule has 6 nitrogen and oxygen atoms in total. The Morgan fingerprint density at radius 2 is 1.97 bits per heavy atom. The van der Waals surface area contributed by atoms with Crippen LogP contribution in [0.15, 0.2) is 83.5 Å². The SMILES string of the molecule is [2H]C([2H])(NC([2H])([2H])C([2H])([2H])C)c1ccc(-c2ccc3ncnc(Nc4ccc(OC([2H])([2H])c5cccc(F)c5)c(Cl)c4)c3c2)o1. The molecular weight excluding hydrogens is 491 g/mol. The van der Waals surface area contributed by atoms with E-state index < -0.39 is 31.7 Å². The molecule has 2 heterocycles. The third kappa shape index (κ3) is 6.07. The van der Waals surface area contributed by atoms with Crippen molar-refractivity contribution in [1.82, 2.24) is 15.3 Å². The van der Waals surface area contributed by atoms with Crippen LogP contribution in [0.1, 0.15) is 35.6 Å². The van der Waals surface area contributed by atoms with Gasteiger partial charge in [-0.3, -0.25) is 0 Å². The molecule has 0 amide bonds. The highest BCUT2D eigenvalue weighted by molar-refractivity contribution is 6.32. The number of nitrogens with one attached hydrogen (secondary N) is 2. The summed E-state index contributed by atoms with van der Waals surface area (Å²) >= 11 is 6.42. The van der Waals surface area contributed by atoms with Crippen molar-refractivity contribution in [2.75, 3.05) is 11.8 Å². The number of hydrogen-bond acceptors (Lipinski definition) is 6. The van der Waals surface area contributed by atoms with Crippen LogP contribution < -0.4 is 15.4 Å². The summed E-state index contributed by atoms with van der Waals surface area (Å²) in [6.07, 6.45) is -1.01. The van der Waals surface area contributed by atoms with Crippen LogP contribution in [0.2, 0.25) is 5.02 Å². The Kier molecular flexibility index (Phi) is 5.16. The summed E-state index contributed by atoms with van der Waals surface area (Å²) in [5.41, 5.74) is 1.60. The van der Waals surface area contributed by atoms with Gasteiger partial charge in [0.15, 0.2) is 0 Å². The predicted molar refractivity (Wildman–Crippen MR) is 145 cm³/mol. The van der Waals surface area contributed by atoms with Crippen LogP contribution in [0.3, 0.4) is 0 Å². The molecule has 5 aromatic rings. The third-order valence-corrected chi connectivity index (χ3v) is 5.49. The average molecular weight is 525 g/mol. The van der Waals surface area contributed by atoms with E-state index in [4.69, 9.17) is 31.7 Å². The zero-order valence-electron chi connectivity index (χ0n) is 27.5. The molecule has 0 bridgehead atoms. The number of furan rings is 1. The number of ether oxygens (including phenoxy) is 1. The van der Waals surface area contributed by atoms with Gasteiger partial charge in [0, 0.05) is 22.1 Å². The Bertz CT molecular complexity index is 1870. The first kappa shape index (κ1) is 16.7. The molecule has 188 valence electrons. The first-order chi connectivity index (χ1) is 20.9. The number of anilines is 2. The van der Waals surface area contributed by atoms with E-state index in [1.54, 1.807) is 24.3 Å². The summed E-state index contributed by atoms with van der Waals surface area (Å²) in [6.45, 7) is -6.55. The minimum absolute atomic E-state index is 0.00953. The highest BCUT2D eigenvalue weighted by atomic mass is 35.5. The van der Waals surface area contributed by atoms with Crippen molar-refractivity contribution in [3.63, 3.8) is 0 Å². The molecule has 0 spiro atoms. The number of halogens is 2. The summed E-state index contributed by atoms with van der Waals surface area (Å²) < 4.78 is 89.0. The van der Waals surface area contributed by atoms with Crippen molar-refractivity contribution in [3.8, 4) is 17.1 Å². The smallest absolute Gasteiger partial charge is 0.141 e. The van der Waals surface area contributed by atoms with Crippen molar-refractivity contribution in [1.29, 1.82) is 0 Å². The number of aromatic nitrogens is 2. The Balaban J connectivity index is 1.38. The molecular formula is C29H26ClFN4O2. The number of benzene rings is 3. The molecule has 3 aromatic carbocycles. The fourth-order valence-corrected chi connectivity index (χ4v) is 3.71. The standard InChI is InChI=1S/C29H26ClFN4O2/c1-2-12-32-16-23-8-11-27(37-23)20-6-9-26-24(14-20)29(34-18-33-26)35-22-7-10-28(25(30)15-22)36-17-19-4-3-5-21(31)13-19/h3-11,13-15,18,32H,2,12,16-17H2,1H3,(H,33,34,35)/i2D2,12D2,16D2,17D2. The topological polar surface area (TPSA) is 72.2 Å². The molecule has 8 heteroatoms. The molecule has 0 radical (unpaired) electrons. The lowest BCUT2D eigenvalue weighted by molar-refractivity contribution is 0.306. The minimum atomic E-state index is -2.69. The Hall–Kier alpha value is -3.94. The fourth-order valence-electron chi connectivity index (χ4n) is 3.49. The van der Waals surface area contributed by atoms with Crippen molar-refractivity contribution in [2.45, 2.75) is 26.4 Å². The van der Waals surface area contributed by atoms with Crippen LogP contribution in [0, 0.1) is 5.82 Å². The maximum atomic E-state index is 13.6. The molecule has 0 fully saturated rings. The summed E-state index contributed by atoms with van der Waals surface area (Å²) in [5.74, 6) is -0.142. The van der Waals surface area contributed by atoms with Gasteiger partial charge in [0.1, 0.15) is 41.8 Å². The second-order valence-corrected chi connectivity index (χ2v) is 8.13. The molecule has 0 saturated heterocycles. The van der Waals surface area contributed by atoms with Crippen LogP contribution >= 0.6 is 11.6 Å². The fraction of sp³-hybridized carbons (Fsp3) is 0.172. The zero-order valence-corrected chi connectivity index (χ0v) is 20.2. The van der Waals surface area contributed by atoms with E-state index in [0.717, 1.165) is 13.0 Å². The van der Waals surface area contributed by atoms with Crippen LogP contribution in [0.4, 0.5) is 15.9 Å². The van der Waals surface area contributed by atoms with E-state index in [-0.39, 0.29) is 27.9 Å². The summed E-state index contributed by atoms with van der Waals surface area (Å²) in [7, 11) is 0. The van der Waals surface area contributed by atoms with Crippen molar-refractivity contribution in [3.05, 3.63) is 101 Å². The zero-order chi connectivity index (χ0) is 32.8. The van der Waals surface area contributed by atoms with Crippen LogP contribution in [-0.2, 0) is 13.1 Å². The molecule has 2 N–H and O–H groups in total. The summed E-state index contributed by atoms with van der Waals surface area (Å²) in [6, 6.07) is 17.6. The molecule has 0 saturated carbocycles. The van der Waals surface area contributed by atoms with Gasteiger partial charge < -0.3 is 19.8 Å². The normalized spacial score (nSPS) is 15.9. The minimum Gasteiger partial charge on any atom is -0.487 e. The van der Waals surface area contributed by atoms with Crippen LogP contribution in [0.5, 0.6) is 5.75 Å². The number of hydrogen-bond donors (Lipinski definition) is 2. The van der Waals surface area contributed by atoms with Gasteiger partial charge in [-0.1, -0.05) is 30.7 Å². The van der Waals surface area contributed by atoms with E-state index in [9.17, 15) is 4.39 Å². The maximum absolute atomic E-state index is 13.6. The first-order valence-electron chi connectivity index (χ1n) is 15.1. The van der Waals surface area contributed by atoms with Gasteiger partial charge in [-0.15, -0.1) is 0 Å². The van der Waals surface area contributed by atoms with Crippen molar-refractivity contribution < 1.29 is 24.5 Å². The molecule has 5 rings (SSSR count). The summed E-state index contributed by atoms with van der Waals surface area (Å²) in [4.78, 5) is 8.62. The Morgan fingerprint density at radius 1 is 1.05 bits per heavy atom. The number of fused-ring (bicyclic) bond motifs is 1. The lowest BCUT2D eigenvalue weighted by atomic mass is 10.1. The first-order valence-corrected chi connectivity index (χ1v) is 11.5. The largest absolute Gasteiger partial charge is 0.487 e. The molecule has 0 aliphatic rings. The van der Waals surface area contributed by atoms with E-state index in [2.05, 4.69) is 20.6 Å². The van der Waals surface area contributed by atoms with Gasteiger partial charge in [0.25, 0.3) is 0 Å². The molecule has 0 aliphatic heterocycles. The van der Waals surface area contributed by atoms with E-state index in [1.807, 2.05) is 0 Å². The van der Waals surface area contributed by atoms with Crippen LogP contribution in [-0.4, -0.2) is 16.5 Å². The lowest BCUT2D eigenvalue weighted by Crippen LogP contribution is -2.12.